The number of benzene rings is 2. The second-order valence-electron chi connectivity index (χ2n) is 6.29. The zero-order valence-electron chi connectivity index (χ0n) is 16.4. The van der Waals surface area contributed by atoms with Gasteiger partial charge in [0.05, 0.1) is 26.5 Å². The summed E-state index contributed by atoms with van der Waals surface area (Å²) in [6, 6.07) is 9.09. The summed E-state index contributed by atoms with van der Waals surface area (Å²) >= 11 is 5.93. The first-order chi connectivity index (χ1) is 14.2. The predicted molar refractivity (Wildman–Crippen MR) is 108 cm³/mol. The van der Waals surface area contributed by atoms with E-state index < -0.39 is 21.6 Å². The van der Waals surface area contributed by atoms with Gasteiger partial charge in [0.2, 0.25) is 21.7 Å². The number of sulfonamides is 1. The lowest BCUT2D eigenvalue weighted by Crippen LogP contribution is -2.28. The molecule has 0 aliphatic heterocycles. The molecule has 0 spiro atoms. The average Bonchev–Trinajstić information content (AvgIpc) is 3.18. The zero-order chi connectivity index (χ0) is 21.9. The van der Waals surface area contributed by atoms with Crippen molar-refractivity contribution >= 4 is 21.6 Å². The van der Waals surface area contributed by atoms with Crippen LogP contribution in [0.3, 0.4) is 0 Å². The standard InChI is InChI=1S/C19H19ClFN3O5S/c1-24(30(25,26)11-13-14(20)5-4-6-15(13)21)10-18-22-19(23-29-18)12-7-8-16(27-2)17(9-12)28-3/h4-9H,10-11H2,1-3H3. The van der Waals surface area contributed by atoms with Crippen LogP contribution < -0.4 is 9.47 Å². The van der Waals surface area contributed by atoms with E-state index in [9.17, 15) is 12.8 Å². The Bertz CT molecular complexity index is 1130. The van der Waals surface area contributed by atoms with Crippen LogP contribution in [-0.4, -0.2) is 44.1 Å². The van der Waals surface area contributed by atoms with Crippen molar-refractivity contribution in [2.75, 3.05) is 21.3 Å². The Hall–Kier alpha value is -2.69. The van der Waals surface area contributed by atoms with Crippen molar-refractivity contribution in [1.82, 2.24) is 14.4 Å². The fraction of sp³-hybridized carbons (Fsp3) is 0.263. The van der Waals surface area contributed by atoms with Crippen molar-refractivity contribution in [3.05, 3.63) is 58.7 Å². The first-order valence-corrected chi connectivity index (χ1v) is 10.7. The Kier molecular flexibility index (Phi) is 6.59. The zero-order valence-corrected chi connectivity index (χ0v) is 18.0. The molecule has 30 heavy (non-hydrogen) atoms. The molecule has 0 radical (unpaired) electrons. The second kappa shape index (κ2) is 8.99. The number of nitrogens with zero attached hydrogens (tertiary/aromatic N) is 3. The smallest absolute Gasteiger partial charge is 0.242 e. The second-order valence-corrected chi connectivity index (χ2v) is 8.78. The molecule has 11 heteroatoms. The summed E-state index contributed by atoms with van der Waals surface area (Å²) in [5, 5.41) is 3.92. The number of halogens is 2. The molecule has 0 amide bonds. The van der Waals surface area contributed by atoms with Crippen LogP contribution in [-0.2, 0) is 22.3 Å². The molecular formula is C19H19ClFN3O5S. The summed E-state index contributed by atoms with van der Waals surface area (Å²) in [6.07, 6.45) is 0. The van der Waals surface area contributed by atoms with Crippen LogP contribution in [0.4, 0.5) is 4.39 Å². The van der Waals surface area contributed by atoms with Crippen LogP contribution in [0.5, 0.6) is 11.5 Å². The number of hydrogen-bond acceptors (Lipinski definition) is 7. The maximum atomic E-state index is 14.0. The molecule has 1 heterocycles. The SMILES string of the molecule is COc1ccc(-c2noc(CN(C)S(=O)(=O)Cc3c(F)cccc3Cl)n2)cc1OC. The fourth-order valence-electron chi connectivity index (χ4n) is 2.66. The fourth-order valence-corrected chi connectivity index (χ4v) is 4.16. The Labute approximate surface area is 178 Å². The van der Waals surface area contributed by atoms with Gasteiger partial charge in [0.1, 0.15) is 5.82 Å². The molecule has 160 valence electrons. The molecule has 1 aromatic heterocycles. The topological polar surface area (TPSA) is 94.8 Å². The molecule has 3 aromatic rings. The molecule has 2 aromatic carbocycles. The Morgan fingerprint density at radius 3 is 2.57 bits per heavy atom. The van der Waals surface area contributed by atoms with E-state index in [1.165, 1.54) is 33.4 Å². The predicted octanol–water partition coefficient (Wildman–Crippen LogP) is 3.51. The van der Waals surface area contributed by atoms with E-state index in [1.807, 2.05) is 0 Å². The molecule has 0 aliphatic carbocycles. The average molecular weight is 456 g/mol. The van der Waals surface area contributed by atoms with Crippen LogP contribution in [0.2, 0.25) is 5.02 Å². The van der Waals surface area contributed by atoms with Gasteiger partial charge >= 0.3 is 0 Å². The molecule has 0 bridgehead atoms. The summed E-state index contributed by atoms with van der Waals surface area (Å²) in [6.45, 7) is -0.186. The third-order valence-corrected chi connectivity index (χ3v) is 6.42. The van der Waals surface area contributed by atoms with E-state index in [-0.39, 0.29) is 28.8 Å². The lowest BCUT2D eigenvalue weighted by Gasteiger charge is -2.16. The summed E-state index contributed by atoms with van der Waals surface area (Å²) < 4.78 is 55.8. The monoisotopic (exact) mass is 455 g/mol. The lowest BCUT2D eigenvalue weighted by atomic mass is 10.2. The molecule has 0 saturated carbocycles. The molecule has 0 N–H and O–H groups in total. The maximum absolute atomic E-state index is 14.0. The Morgan fingerprint density at radius 1 is 1.17 bits per heavy atom. The highest BCUT2D eigenvalue weighted by molar-refractivity contribution is 7.88. The van der Waals surface area contributed by atoms with E-state index in [1.54, 1.807) is 18.2 Å². The number of ether oxygens (including phenoxy) is 2. The van der Waals surface area contributed by atoms with E-state index in [2.05, 4.69) is 10.1 Å². The lowest BCUT2D eigenvalue weighted by molar-refractivity contribution is 0.336. The van der Waals surface area contributed by atoms with Crippen molar-refractivity contribution in [1.29, 1.82) is 0 Å². The van der Waals surface area contributed by atoms with Crippen molar-refractivity contribution in [3.63, 3.8) is 0 Å². The Balaban J connectivity index is 1.77. The Morgan fingerprint density at radius 2 is 1.90 bits per heavy atom. The van der Waals surface area contributed by atoms with Crippen LogP contribution in [0, 0.1) is 5.82 Å². The van der Waals surface area contributed by atoms with Crippen LogP contribution >= 0.6 is 11.6 Å². The molecule has 0 aliphatic rings. The van der Waals surface area contributed by atoms with E-state index >= 15 is 0 Å². The third kappa shape index (κ3) is 4.72. The van der Waals surface area contributed by atoms with Crippen LogP contribution in [0.1, 0.15) is 11.5 Å². The molecule has 8 nitrogen and oxygen atoms in total. The first kappa shape index (κ1) is 22.0. The highest BCUT2D eigenvalue weighted by Gasteiger charge is 2.24. The van der Waals surface area contributed by atoms with Gasteiger partial charge < -0.3 is 14.0 Å². The molecule has 0 fully saturated rings. The number of aromatic nitrogens is 2. The largest absolute Gasteiger partial charge is 0.493 e. The minimum absolute atomic E-state index is 0.0421. The summed E-state index contributed by atoms with van der Waals surface area (Å²) in [5.74, 6) is 0.0869. The maximum Gasteiger partial charge on any atom is 0.242 e. The highest BCUT2D eigenvalue weighted by Crippen LogP contribution is 2.31. The minimum atomic E-state index is -3.89. The van der Waals surface area contributed by atoms with E-state index in [0.717, 1.165) is 10.4 Å². The van der Waals surface area contributed by atoms with Crippen molar-refractivity contribution < 1.29 is 26.8 Å². The van der Waals surface area contributed by atoms with Gasteiger partial charge in [-0.2, -0.15) is 9.29 Å². The highest BCUT2D eigenvalue weighted by atomic mass is 35.5. The number of methoxy groups -OCH3 is 2. The van der Waals surface area contributed by atoms with E-state index in [0.29, 0.717) is 17.1 Å². The summed E-state index contributed by atoms with van der Waals surface area (Å²) in [5.41, 5.74) is 0.508. The number of hydrogen-bond donors (Lipinski definition) is 0. The van der Waals surface area contributed by atoms with Crippen molar-refractivity contribution in [2.24, 2.45) is 0 Å². The molecule has 0 saturated heterocycles. The van der Waals surface area contributed by atoms with Gasteiger partial charge in [-0.1, -0.05) is 22.8 Å². The van der Waals surface area contributed by atoms with Gasteiger partial charge in [0.25, 0.3) is 0 Å². The number of rotatable bonds is 8. The van der Waals surface area contributed by atoms with Gasteiger partial charge in [0, 0.05) is 23.2 Å². The van der Waals surface area contributed by atoms with Crippen molar-refractivity contribution in [2.45, 2.75) is 12.3 Å². The molecule has 3 rings (SSSR count). The third-order valence-electron chi connectivity index (χ3n) is 4.33. The van der Waals surface area contributed by atoms with Crippen molar-refractivity contribution in [3.8, 4) is 22.9 Å². The normalized spacial score (nSPS) is 11.7. The van der Waals surface area contributed by atoms with Crippen LogP contribution in [0.15, 0.2) is 40.9 Å². The van der Waals surface area contributed by atoms with Crippen LogP contribution in [0.25, 0.3) is 11.4 Å². The van der Waals surface area contributed by atoms with Gasteiger partial charge in [-0.15, -0.1) is 0 Å². The molecule has 0 atom stereocenters. The quantitative estimate of drug-likeness (QED) is 0.513. The first-order valence-electron chi connectivity index (χ1n) is 8.67. The van der Waals surface area contributed by atoms with Gasteiger partial charge in [0.15, 0.2) is 11.5 Å². The minimum Gasteiger partial charge on any atom is -0.493 e. The van der Waals surface area contributed by atoms with Gasteiger partial charge in [-0.05, 0) is 30.3 Å². The van der Waals surface area contributed by atoms with E-state index in [4.69, 9.17) is 25.6 Å². The van der Waals surface area contributed by atoms with Gasteiger partial charge in [-0.3, -0.25) is 0 Å². The summed E-state index contributed by atoms with van der Waals surface area (Å²) in [4.78, 5) is 4.23. The summed E-state index contributed by atoms with van der Waals surface area (Å²) in [7, 11) is 0.478. The molecule has 0 unspecified atom stereocenters. The molecular weight excluding hydrogens is 437 g/mol. The van der Waals surface area contributed by atoms with Gasteiger partial charge in [-0.25, -0.2) is 12.8 Å².